The van der Waals surface area contributed by atoms with Gasteiger partial charge in [0, 0.05) is 12.1 Å². The van der Waals surface area contributed by atoms with Gasteiger partial charge in [0.25, 0.3) is 5.91 Å². The molecule has 1 fully saturated rings. The van der Waals surface area contributed by atoms with Gasteiger partial charge in [0.15, 0.2) is 6.10 Å². The van der Waals surface area contributed by atoms with E-state index in [0.29, 0.717) is 36.0 Å². The van der Waals surface area contributed by atoms with Crippen LogP contribution >= 0.6 is 0 Å². The molecule has 1 amide bonds. The zero-order valence-corrected chi connectivity index (χ0v) is 16.5. The van der Waals surface area contributed by atoms with Gasteiger partial charge in [-0.2, -0.15) is 0 Å². The van der Waals surface area contributed by atoms with Crippen LogP contribution in [0.25, 0.3) is 11.0 Å². The minimum Gasteiger partial charge on any atom is -0.480 e. The van der Waals surface area contributed by atoms with Crippen LogP contribution < -0.4 is 15.7 Å². The largest absolute Gasteiger partial charge is 0.480 e. The Labute approximate surface area is 163 Å². The Morgan fingerprint density at radius 2 is 2.00 bits per heavy atom. The first kappa shape index (κ1) is 19.9. The lowest BCUT2D eigenvalue weighted by Gasteiger charge is -2.34. The molecule has 1 saturated carbocycles. The van der Waals surface area contributed by atoms with Crippen LogP contribution in [-0.4, -0.2) is 31.1 Å². The van der Waals surface area contributed by atoms with Gasteiger partial charge >= 0.3 is 11.6 Å². The highest BCUT2D eigenvalue weighted by Crippen LogP contribution is 2.31. The SMILES string of the molecule is CCc1cc(=O)oc2cc(C)cc(OC(C)C(=O)NC3CC(C(=O)OC)C3)c12. The first-order chi connectivity index (χ1) is 13.3. The summed E-state index contributed by atoms with van der Waals surface area (Å²) in [4.78, 5) is 35.7. The average molecular weight is 387 g/mol. The lowest BCUT2D eigenvalue weighted by Crippen LogP contribution is -2.50. The maximum absolute atomic E-state index is 12.5. The molecule has 3 rings (SSSR count). The molecule has 150 valence electrons. The smallest absolute Gasteiger partial charge is 0.336 e. The summed E-state index contributed by atoms with van der Waals surface area (Å²) < 4.78 is 16.0. The maximum Gasteiger partial charge on any atom is 0.336 e. The number of nitrogens with one attached hydrogen (secondary N) is 1. The number of rotatable bonds is 6. The summed E-state index contributed by atoms with van der Waals surface area (Å²) in [5.74, 6) is -0.130. The zero-order valence-electron chi connectivity index (χ0n) is 16.5. The summed E-state index contributed by atoms with van der Waals surface area (Å²) in [5.41, 5.74) is 1.73. The summed E-state index contributed by atoms with van der Waals surface area (Å²) in [5, 5.41) is 3.61. The lowest BCUT2D eigenvalue weighted by atomic mass is 9.80. The fraction of sp³-hybridized carbons (Fsp3) is 0.476. The average Bonchev–Trinajstić information content (AvgIpc) is 2.61. The first-order valence-corrected chi connectivity index (χ1v) is 9.44. The number of hydrogen-bond acceptors (Lipinski definition) is 6. The number of amides is 1. The van der Waals surface area contributed by atoms with Crippen LogP contribution in [0.1, 0.15) is 37.8 Å². The highest BCUT2D eigenvalue weighted by Gasteiger charge is 2.36. The molecule has 7 nitrogen and oxygen atoms in total. The van der Waals surface area contributed by atoms with Gasteiger partial charge in [-0.3, -0.25) is 9.59 Å². The molecule has 7 heteroatoms. The van der Waals surface area contributed by atoms with Crippen LogP contribution in [-0.2, 0) is 20.7 Å². The fourth-order valence-electron chi connectivity index (χ4n) is 3.50. The van der Waals surface area contributed by atoms with Crippen molar-refractivity contribution >= 4 is 22.8 Å². The van der Waals surface area contributed by atoms with Crippen molar-refractivity contribution in [1.29, 1.82) is 0 Å². The molecular formula is C21H25NO6. The van der Waals surface area contributed by atoms with Crippen molar-refractivity contribution in [2.45, 2.75) is 52.2 Å². The van der Waals surface area contributed by atoms with E-state index in [1.54, 1.807) is 13.0 Å². The number of hydrogen-bond donors (Lipinski definition) is 1. The highest BCUT2D eigenvalue weighted by molar-refractivity contribution is 5.88. The standard InChI is InChI=1S/C21H25NO6/c1-5-13-10-18(23)28-17-7-11(2)6-16(19(13)17)27-12(3)20(24)22-15-8-14(9-15)21(25)26-4/h6-7,10,12,14-15H,5,8-9H2,1-4H3,(H,22,24). The summed E-state index contributed by atoms with van der Waals surface area (Å²) in [6, 6.07) is 5.02. The number of benzene rings is 1. The van der Waals surface area contributed by atoms with Gasteiger partial charge in [-0.15, -0.1) is 0 Å². The second-order valence-electron chi connectivity index (χ2n) is 7.24. The topological polar surface area (TPSA) is 94.8 Å². The number of aryl methyl sites for hydroxylation is 2. The molecule has 2 aromatic rings. The van der Waals surface area contributed by atoms with E-state index in [9.17, 15) is 14.4 Å². The third kappa shape index (κ3) is 4.03. The third-order valence-corrected chi connectivity index (χ3v) is 5.11. The van der Waals surface area contributed by atoms with Gasteiger partial charge in [-0.05, 0) is 56.4 Å². The van der Waals surface area contributed by atoms with E-state index in [-0.39, 0.29) is 23.8 Å². The van der Waals surface area contributed by atoms with Crippen LogP contribution in [0, 0.1) is 12.8 Å². The van der Waals surface area contributed by atoms with Crippen LogP contribution in [0.2, 0.25) is 0 Å². The van der Waals surface area contributed by atoms with E-state index in [1.165, 1.54) is 13.2 Å². The summed E-state index contributed by atoms with van der Waals surface area (Å²) in [6.45, 7) is 5.49. The molecule has 1 aliphatic carbocycles. The summed E-state index contributed by atoms with van der Waals surface area (Å²) in [7, 11) is 1.36. The predicted molar refractivity (Wildman–Crippen MR) is 103 cm³/mol. The lowest BCUT2D eigenvalue weighted by molar-refractivity contribution is -0.150. The van der Waals surface area contributed by atoms with E-state index >= 15 is 0 Å². The number of fused-ring (bicyclic) bond motifs is 1. The molecule has 0 saturated heterocycles. The molecule has 1 unspecified atom stereocenters. The first-order valence-electron chi connectivity index (χ1n) is 9.44. The number of ether oxygens (including phenoxy) is 2. The molecule has 0 spiro atoms. The van der Waals surface area contributed by atoms with E-state index in [2.05, 4.69) is 5.32 Å². The number of methoxy groups -OCH3 is 1. The molecule has 0 bridgehead atoms. The van der Waals surface area contributed by atoms with Crippen molar-refractivity contribution in [2.75, 3.05) is 7.11 Å². The normalized spacial score (nSPS) is 19.6. The van der Waals surface area contributed by atoms with Gasteiger partial charge in [0.1, 0.15) is 11.3 Å². The number of carbonyl (C=O) groups is 2. The predicted octanol–water partition coefficient (Wildman–Crippen LogP) is 2.50. The van der Waals surface area contributed by atoms with Gasteiger partial charge in [-0.25, -0.2) is 4.79 Å². The van der Waals surface area contributed by atoms with Gasteiger partial charge < -0.3 is 19.2 Å². The molecule has 1 atom stereocenters. The van der Waals surface area contributed by atoms with E-state index in [1.807, 2.05) is 19.9 Å². The Morgan fingerprint density at radius 3 is 2.64 bits per heavy atom. The number of esters is 1. The van der Waals surface area contributed by atoms with E-state index in [0.717, 1.165) is 11.1 Å². The van der Waals surface area contributed by atoms with Crippen molar-refractivity contribution < 1.29 is 23.5 Å². The molecule has 0 aliphatic heterocycles. The van der Waals surface area contributed by atoms with Crippen molar-refractivity contribution in [3.63, 3.8) is 0 Å². The molecule has 1 aliphatic rings. The molecule has 1 aromatic carbocycles. The minimum atomic E-state index is -0.737. The van der Waals surface area contributed by atoms with Gasteiger partial charge in [-0.1, -0.05) is 6.92 Å². The second-order valence-corrected chi connectivity index (χ2v) is 7.24. The molecular weight excluding hydrogens is 362 g/mol. The number of carbonyl (C=O) groups excluding carboxylic acids is 2. The minimum absolute atomic E-state index is 0.0545. The monoisotopic (exact) mass is 387 g/mol. The van der Waals surface area contributed by atoms with Crippen LogP contribution in [0.3, 0.4) is 0 Å². The Bertz CT molecular complexity index is 957. The Kier molecular flexibility index (Phi) is 5.72. The molecule has 0 radical (unpaired) electrons. The van der Waals surface area contributed by atoms with Crippen molar-refractivity contribution in [2.24, 2.45) is 5.92 Å². The van der Waals surface area contributed by atoms with Gasteiger partial charge in [0.05, 0.1) is 18.4 Å². The summed E-state index contributed by atoms with van der Waals surface area (Å²) >= 11 is 0. The Balaban J connectivity index is 1.74. The maximum atomic E-state index is 12.5. The quantitative estimate of drug-likeness (QED) is 0.604. The van der Waals surface area contributed by atoms with Gasteiger partial charge in [0.2, 0.25) is 0 Å². The van der Waals surface area contributed by atoms with Crippen LogP contribution in [0.5, 0.6) is 5.75 Å². The summed E-state index contributed by atoms with van der Waals surface area (Å²) in [6.07, 6.45) is 1.05. The molecule has 1 heterocycles. The molecule has 1 N–H and O–H groups in total. The zero-order chi connectivity index (χ0) is 20.4. The molecule has 1 aromatic heterocycles. The van der Waals surface area contributed by atoms with Crippen LogP contribution in [0.15, 0.2) is 27.4 Å². The Morgan fingerprint density at radius 1 is 1.29 bits per heavy atom. The fourth-order valence-corrected chi connectivity index (χ4v) is 3.50. The third-order valence-electron chi connectivity index (χ3n) is 5.11. The van der Waals surface area contributed by atoms with Crippen molar-refractivity contribution in [1.82, 2.24) is 5.32 Å². The second kappa shape index (κ2) is 8.04. The highest BCUT2D eigenvalue weighted by atomic mass is 16.5. The van der Waals surface area contributed by atoms with Crippen molar-refractivity contribution in [3.05, 3.63) is 39.7 Å². The Hall–Kier alpha value is -2.83. The van der Waals surface area contributed by atoms with Crippen molar-refractivity contribution in [3.8, 4) is 5.75 Å². The van der Waals surface area contributed by atoms with E-state index in [4.69, 9.17) is 13.9 Å². The molecule has 28 heavy (non-hydrogen) atoms. The van der Waals surface area contributed by atoms with Crippen LogP contribution in [0.4, 0.5) is 0 Å². The van der Waals surface area contributed by atoms with E-state index < -0.39 is 11.7 Å².